The monoisotopic (exact) mass is 730 g/mol. The summed E-state index contributed by atoms with van der Waals surface area (Å²) in [6.45, 7) is 25.1. The number of furan rings is 1. The summed E-state index contributed by atoms with van der Waals surface area (Å²) in [5.41, 5.74) is 8.50. The molecule has 54 heavy (non-hydrogen) atoms. The molecule has 1 unspecified atom stereocenters. The van der Waals surface area contributed by atoms with E-state index < -0.39 is 5.41 Å². The van der Waals surface area contributed by atoms with Gasteiger partial charge < -0.3 is 18.6 Å². The number of methoxy groups -OCH3 is 1. The highest BCUT2D eigenvalue weighted by atomic mass is 16.5. The highest BCUT2D eigenvalue weighted by Gasteiger charge is 2.32. The maximum Gasteiger partial charge on any atom is 0.318 e. The zero-order valence-corrected chi connectivity index (χ0v) is 34.6. The van der Waals surface area contributed by atoms with Crippen molar-refractivity contribution in [1.82, 2.24) is 0 Å². The second-order valence-electron chi connectivity index (χ2n) is 17.7. The molecular weight excluding hydrogens is 673 g/mol. The molecule has 2 heterocycles. The van der Waals surface area contributed by atoms with Gasteiger partial charge in [0.15, 0.2) is 0 Å². The van der Waals surface area contributed by atoms with Crippen molar-refractivity contribution in [3.8, 4) is 39.7 Å². The van der Waals surface area contributed by atoms with Crippen molar-refractivity contribution < 1.29 is 28.2 Å². The molecule has 6 heteroatoms. The van der Waals surface area contributed by atoms with Crippen molar-refractivity contribution >= 4 is 22.9 Å². The third kappa shape index (κ3) is 8.59. The maximum atomic E-state index is 12.7. The van der Waals surface area contributed by atoms with Crippen LogP contribution in [0.4, 0.5) is 0 Å². The normalized spacial score (nSPS) is 14.3. The van der Waals surface area contributed by atoms with Crippen molar-refractivity contribution in [2.75, 3.05) is 7.11 Å². The van der Waals surface area contributed by atoms with Gasteiger partial charge in [-0.25, -0.2) is 0 Å². The minimum Gasteiger partial charge on any atom is -0.497 e. The maximum absolute atomic E-state index is 12.7. The van der Waals surface area contributed by atoms with E-state index in [1.54, 1.807) is 7.11 Å². The first kappa shape index (κ1) is 40.3. The van der Waals surface area contributed by atoms with Crippen LogP contribution in [0, 0.1) is 19.3 Å². The Hall–Kier alpha value is -4.84. The summed E-state index contributed by atoms with van der Waals surface area (Å²) in [5.74, 6) is 2.61. The van der Waals surface area contributed by atoms with Gasteiger partial charge in [0.25, 0.3) is 0 Å². The summed E-state index contributed by atoms with van der Waals surface area (Å²) in [5, 5.41) is 1.09. The van der Waals surface area contributed by atoms with Crippen LogP contribution in [0.5, 0.6) is 17.2 Å². The van der Waals surface area contributed by atoms with Crippen molar-refractivity contribution in [2.24, 2.45) is 5.41 Å². The Labute approximate surface area is 322 Å². The zero-order chi connectivity index (χ0) is 39.7. The van der Waals surface area contributed by atoms with E-state index in [2.05, 4.69) is 84.9 Å². The Bertz CT molecular complexity index is 2120. The molecule has 5 aromatic rings. The first-order valence-corrected chi connectivity index (χ1v) is 19.1. The number of unbranched alkanes of at least 4 members (excludes halogenated alkanes) is 1. The summed E-state index contributed by atoms with van der Waals surface area (Å²) >= 11 is 0. The van der Waals surface area contributed by atoms with E-state index in [1.165, 1.54) is 11.1 Å². The third-order valence-electron chi connectivity index (χ3n) is 10.0. The fourth-order valence-electron chi connectivity index (χ4n) is 6.78. The summed E-state index contributed by atoms with van der Waals surface area (Å²) in [6, 6.07) is 24.6. The van der Waals surface area contributed by atoms with E-state index in [4.69, 9.17) is 18.6 Å². The number of carbonyl (C=O) groups excluding carboxylic acids is 2. The van der Waals surface area contributed by atoms with Crippen molar-refractivity contribution in [2.45, 2.75) is 119 Å². The van der Waals surface area contributed by atoms with Gasteiger partial charge in [-0.05, 0) is 111 Å². The molecular formula is C48H58O6. The molecule has 0 spiro atoms. The van der Waals surface area contributed by atoms with Gasteiger partial charge >= 0.3 is 11.9 Å². The van der Waals surface area contributed by atoms with E-state index in [1.807, 2.05) is 71.0 Å². The number of ether oxygens (including phenoxy) is 3. The molecule has 0 aliphatic carbocycles. The molecule has 0 saturated carbocycles. The molecule has 6 nitrogen and oxygen atoms in total. The van der Waals surface area contributed by atoms with Gasteiger partial charge in [-0.2, -0.15) is 0 Å². The number of hydrogen-bond acceptors (Lipinski definition) is 6. The molecule has 1 aromatic heterocycles. The third-order valence-corrected chi connectivity index (χ3v) is 10.0. The average molecular weight is 731 g/mol. The summed E-state index contributed by atoms with van der Waals surface area (Å²) in [4.78, 5) is 24.2. The molecule has 0 amide bonds. The van der Waals surface area contributed by atoms with Crippen LogP contribution in [0.2, 0.25) is 0 Å². The molecule has 0 N–H and O–H groups in total. The van der Waals surface area contributed by atoms with Gasteiger partial charge in [0, 0.05) is 27.6 Å². The number of hydrogen-bond donors (Lipinski definition) is 0. The van der Waals surface area contributed by atoms with Crippen LogP contribution in [0.25, 0.3) is 33.4 Å². The summed E-state index contributed by atoms with van der Waals surface area (Å²) in [7, 11) is 1.68. The number of benzene rings is 4. The van der Waals surface area contributed by atoms with Gasteiger partial charge in [-0.3, -0.25) is 9.59 Å². The van der Waals surface area contributed by atoms with Crippen LogP contribution in [0.15, 0.2) is 77.2 Å². The molecule has 1 aliphatic heterocycles. The molecule has 0 saturated heterocycles. The van der Waals surface area contributed by atoms with Crippen LogP contribution in [-0.2, 0) is 20.4 Å². The summed E-state index contributed by atoms with van der Waals surface area (Å²) < 4.78 is 23.4. The molecule has 4 aromatic carbocycles. The molecule has 0 radical (unpaired) electrons. The lowest BCUT2D eigenvalue weighted by Gasteiger charge is -2.25. The highest BCUT2D eigenvalue weighted by molar-refractivity contribution is 6.04. The Morgan fingerprint density at radius 2 is 1.43 bits per heavy atom. The van der Waals surface area contributed by atoms with Gasteiger partial charge in [-0.1, -0.05) is 97.7 Å². The van der Waals surface area contributed by atoms with E-state index >= 15 is 0 Å². The van der Waals surface area contributed by atoms with Crippen LogP contribution < -0.4 is 14.2 Å². The summed E-state index contributed by atoms with van der Waals surface area (Å²) in [6.07, 6.45) is 3.10. The smallest absolute Gasteiger partial charge is 0.318 e. The van der Waals surface area contributed by atoms with Crippen molar-refractivity contribution in [3.63, 3.8) is 0 Å². The number of fused-ring (bicyclic) bond motifs is 2. The van der Waals surface area contributed by atoms with E-state index in [0.29, 0.717) is 5.75 Å². The average Bonchev–Trinajstić information content (AvgIpc) is 3.64. The van der Waals surface area contributed by atoms with Gasteiger partial charge in [0.05, 0.1) is 18.4 Å². The lowest BCUT2D eigenvalue weighted by atomic mass is 9.79. The second kappa shape index (κ2) is 15.5. The first-order chi connectivity index (χ1) is 25.2. The Balaban J connectivity index is 0.000000333. The predicted molar refractivity (Wildman–Crippen MR) is 220 cm³/mol. The van der Waals surface area contributed by atoms with E-state index in [0.717, 1.165) is 80.9 Å². The number of rotatable bonds is 7. The predicted octanol–water partition coefficient (Wildman–Crippen LogP) is 12.8. The Kier molecular flexibility index (Phi) is 11.6. The molecule has 6 rings (SSSR count). The Morgan fingerprint density at radius 1 is 0.796 bits per heavy atom. The minimum absolute atomic E-state index is 0.0221. The molecule has 1 aliphatic rings. The zero-order valence-electron chi connectivity index (χ0n) is 34.6. The first-order valence-electron chi connectivity index (χ1n) is 19.1. The van der Waals surface area contributed by atoms with Gasteiger partial charge in [0.1, 0.15) is 28.6 Å². The standard InChI is InChI=1S/C36H44O4.C12H14O2/c1-21-17-24(18-22(2)30(21)40-33(37)36(9,10)11)31-29(23-13-15-26(38-12)16-14-23)27-19-25(34(3,4)5)20-28(32(27)39-31)35(6,7)8;1-2-3-6-10-9-7-4-5-8-11(9)14-12(10)13/h13-20H,1-12H3;4-5,7-8,10H,2-3,6H2,1H3. The van der Waals surface area contributed by atoms with Gasteiger partial charge in [-0.15, -0.1) is 0 Å². The van der Waals surface area contributed by atoms with E-state index in [9.17, 15) is 9.59 Å². The lowest BCUT2D eigenvalue weighted by Crippen LogP contribution is -2.26. The largest absolute Gasteiger partial charge is 0.497 e. The topological polar surface area (TPSA) is 75.0 Å². The van der Waals surface area contributed by atoms with Gasteiger partial charge in [0.2, 0.25) is 0 Å². The van der Waals surface area contributed by atoms with Crippen molar-refractivity contribution in [1.29, 1.82) is 0 Å². The number of aryl methyl sites for hydroxylation is 2. The van der Waals surface area contributed by atoms with E-state index in [-0.39, 0.29) is 28.7 Å². The Morgan fingerprint density at radius 3 is 1.98 bits per heavy atom. The van der Waals surface area contributed by atoms with Crippen LogP contribution in [0.1, 0.15) is 122 Å². The quantitative estimate of drug-likeness (QED) is 0.123. The van der Waals surface area contributed by atoms with Crippen LogP contribution in [-0.4, -0.2) is 19.0 Å². The number of carbonyl (C=O) groups is 2. The fraction of sp³-hybridized carbons (Fsp3) is 0.417. The van der Waals surface area contributed by atoms with Crippen molar-refractivity contribution in [3.05, 3.63) is 101 Å². The van der Waals surface area contributed by atoms with Crippen LogP contribution >= 0.6 is 0 Å². The number of para-hydroxylation sites is 1. The molecule has 1 atom stereocenters. The highest BCUT2D eigenvalue weighted by Crippen LogP contribution is 2.47. The minimum atomic E-state index is -0.591. The van der Waals surface area contributed by atoms with Crippen LogP contribution in [0.3, 0.4) is 0 Å². The lowest BCUT2D eigenvalue weighted by molar-refractivity contribution is -0.143. The number of esters is 2. The molecule has 0 fully saturated rings. The second-order valence-corrected chi connectivity index (χ2v) is 17.7. The molecule has 286 valence electrons. The molecule has 0 bridgehead atoms. The fourth-order valence-corrected chi connectivity index (χ4v) is 6.78. The SMILES string of the molecule is CCCCC1C(=O)Oc2ccccc21.COc1ccc(-c2c(-c3cc(C)c(OC(=O)C(C)(C)C)c(C)c3)oc3c(C(C)(C)C)cc(C(C)(C)C)cc23)cc1.